The maximum Gasteiger partial charge on any atom is 0.273 e. The molecule has 2 aromatic heterocycles. The predicted octanol–water partition coefficient (Wildman–Crippen LogP) is 0.882. The topological polar surface area (TPSA) is 99.0 Å². The Balaban J connectivity index is 0.00000200. The molecule has 0 radical (unpaired) electrons. The SMILES string of the molecule is Cc1oc(-c2cnn(C)c2)nc1C(=O)N[C@@H](C)CN.Cl. The minimum absolute atomic E-state index is 0. The number of aryl methyl sites for hydroxylation is 2. The van der Waals surface area contributed by atoms with Crippen LogP contribution in [0.1, 0.15) is 23.2 Å². The number of carbonyl (C=O) groups is 1. The number of oxazole rings is 1. The van der Waals surface area contributed by atoms with E-state index < -0.39 is 0 Å². The molecule has 3 N–H and O–H groups in total. The Labute approximate surface area is 123 Å². The van der Waals surface area contributed by atoms with Gasteiger partial charge in [-0.2, -0.15) is 5.10 Å². The van der Waals surface area contributed by atoms with Gasteiger partial charge in [0.05, 0.1) is 11.8 Å². The van der Waals surface area contributed by atoms with Crippen LogP contribution in [0.4, 0.5) is 0 Å². The molecule has 0 saturated carbocycles. The lowest BCUT2D eigenvalue weighted by Gasteiger charge is -2.09. The summed E-state index contributed by atoms with van der Waals surface area (Å²) in [6.45, 7) is 3.91. The fourth-order valence-electron chi connectivity index (χ4n) is 1.61. The number of hydrogen-bond acceptors (Lipinski definition) is 5. The average Bonchev–Trinajstić information content (AvgIpc) is 2.95. The van der Waals surface area contributed by atoms with E-state index >= 15 is 0 Å². The van der Waals surface area contributed by atoms with Crippen molar-refractivity contribution < 1.29 is 9.21 Å². The molecule has 2 aromatic rings. The second kappa shape index (κ2) is 6.53. The zero-order valence-electron chi connectivity index (χ0n) is 11.6. The van der Waals surface area contributed by atoms with Crippen molar-refractivity contribution in [3.63, 3.8) is 0 Å². The van der Waals surface area contributed by atoms with Gasteiger partial charge in [-0.3, -0.25) is 9.48 Å². The summed E-state index contributed by atoms with van der Waals surface area (Å²) in [5, 5.41) is 6.79. The summed E-state index contributed by atoms with van der Waals surface area (Å²) in [5.74, 6) is 0.575. The van der Waals surface area contributed by atoms with Gasteiger partial charge in [0, 0.05) is 25.8 Å². The van der Waals surface area contributed by atoms with Gasteiger partial charge in [0.25, 0.3) is 5.91 Å². The maximum absolute atomic E-state index is 12.0. The van der Waals surface area contributed by atoms with Crippen LogP contribution >= 0.6 is 12.4 Å². The van der Waals surface area contributed by atoms with E-state index in [1.54, 1.807) is 31.0 Å². The first-order valence-electron chi connectivity index (χ1n) is 5.98. The number of nitrogens with two attached hydrogens (primary N) is 1. The Hall–Kier alpha value is -1.86. The highest BCUT2D eigenvalue weighted by atomic mass is 35.5. The predicted molar refractivity (Wildman–Crippen MR) is 76.7 cm³/mol. The minimum Gasteiger partial charge on any atom is -0.440 e. The Morgan fingerprint density at radius 2 is 2.30 bits per heavy atom. The van der Waals surface area contributed by atoms with E-state index in [0.29, 0.717) is 18.2 Å². The van der Waals surface area contributed by atoms with Crippen LogP contribution in [0, 0.1) is 6.92 Å². The first-order valence-corrected chi connectivity index (χ1v) is 5.98. The third-order valence-electron chi connectivity index (χ3n) is 2.69. The Morgan fingerprint density at radius 1 is 1.60 bits per heavy atom. The van der Waals surface area contributed by atoms with Crippen LogP contribution in [-0.2, 0) is 7.05 Å². The van der Waals surface area contributed by atoms with Crippen LogP contribution in [0.25, 0.3) is 11.5 Å². The van der Waals surface area contributed by atoms with Gasteiger partial charge in [-0.05, 0) is 13.8 Å². The van der Waals surface area contributed by atoms with Crippen molar-refractivity contribution in [2.75, 3.05) is 6.54 Å². The molecule has 0 aliphatic carbocycles. The van der Waals surface area contributed by atoms with E-state index in [2.05, 4.69) is 15.4 Å². The second-order valence-corrected chi connectivity index (χ2v) is 4.44. The van der Waals surface area contributed by atoms with Crippen molar-refractivity contribution in [2.45, 2.75) is 19.9 Å². The summed E-state index contributed by atoms with van der Waals surface area (Å²) in [6.07, 6.45) is 3.41. The third kappa shape index (κ3) is 3.37. The largest absolute Gasteiger partial charge is 0.440 e. The summed E-state index contributed by atoms with van der Waals surface area (Å²) >= 11 is 0. The lowest BCUT2D eigenvalue weighted by atomic mass is 10.3. The smallest absolute Gasteiger partial charge is 0.273 e. The van der Waals surface area contributed by atoms with Crippen LogP contribution in [-0.4, -0.2) is 33.3 Å². The molecule has 20 heavy (non-hydrogen) atoms. The maximum atomic E-state index is 12.0. The number of carbonyl (C=O) groups excluding carboxylic acids is 1. The van der Waals surface area contributed by atoms with E-state index in [0.717, 1.165) is 5.56 Å². The van der Waals surface area contributed by atoms with Crippen LogP contribution < -0.4 is 11.1 Å². The highest BCUT2D eigenvalue weighted by Gasteiger charge is 2.19. The van der Waals surface area contributed by atoms with Crippen molar-refractivity contribution in [1.29, 1.82) is 0 Å². The van der Waals surface area contributed by atoms with Gasteiger partial charge in [0.15, 0.2) is 5.69 Å². The van der Waals surface area contributed by atoms with E-state index in [9.17, 15) is 4.79 Å². The van der Waals surface area contributed by atoms with Crippen molar-refractivity contribution in [3.05, 3.63) is 23.8 Å². The fourth-order valence-corrected chi connectivity index (χ4v) is 1.61. The van der Waals surface area contributed by atoms with Crippen molar-refractivity contribution in [2.24, 2.45) is 12.8 Å². The highest BCUT2D eigenvalue weighted by molar-refractivity contribution is 5.93. The van der Waals surface area contributed by atoms with Crippen LogP contribution in [0.3, 0.4) is 0 Å². The van der Waals surface area contributed by atoms with Crippen LogP contribution in [0.2, 0.25) is 0 Å². The van der Waals surface area contributed by atoms with Gasteiger partial charge in [-0.1, -0.05) is 0 Å². The second-order valence-electron chi connectivity index (χ2n) is 4.44. The van der Waals surface area contributed by atoms with Gasteiger partial charge < -0.3 is 15.5 Å². The Bertz CT molecular complexity index is 592. The van der Waals surface area contributed by atoms with E-state index in [1.165, 1.54) is 0 Å². The summed E-state index contributed by atoms with van der Waals surface area (Å²) < 4.78 is 7.14. The molecule has 0 aromatic carbocycles. The average molecular weight is 300 g/mol. The molecule has 0 aliphatic heterocycles. The minimum atomic E-state index is -0.283. The molecular weight excluding hydrogens is 282 g/mol. The Morgan fingerprint density at radius 3 is 2.85 bits per heavy atom. The molecule has 2 heterocycles. The first-order chi connectivity index (χ1) is 9.01. The molecule has 0 spiro atoms. The summed E-state index contributed by atoms with van der Waals surface area (Å²) in [5.41, 5.74) is 6.48. The first kappa shape index (κ1) is 16.2. The zero-order valence-corrected chi connectivity index (χ0v) is 12.4. The number of aromatic nitrogens is 3. The lowest BCUT2D eigenvalue weighted by Crippen LogP contribution is -2.38. The van der Waals surface area contributed by atoms with Crippen LogP contribution in [0.15, 0.2) is 16.8 Å². The van der Waals surface area contributed by atoms with Gasteiger partial charge in [-0.15, -0.1) is 12.4 Å². The molecule has 0 unspecified atom stereocenters. The molecule has 1 atom stereocenters. The van der Waals surface area contributed by atoms with Gasteiger partial charge in [0.2, 0.25) is 5.89 Å². The van der Waals surface area contributed by atoms with E-state index in [1.807, 2.05) is 6.92 Å². The zero-order chi connectivity index (χ0) is 14.0. The summed E-state index contributed by atoms with van der Waals surface area (Å²) in [7, 11) is 1.80. The van der Waals surface area contributed by atoms with E-state index in [-0.39, 0.29) is 30.0 Å². The number of hydrogen-bond donors (Lipinski definition) is 2. The molecule has 2 rings (SSSR count). The van der Waals surface area contributed by atoms with Gasteiger partial charge in [-0.25, -0.2) is 4.98 Å². The number of nitrogens with one attached hydrogen (secondary N) is 1. The highest BCUT2D eigenvalue weighted by Crippen LogP contribution is 2.20. The molecular formula is C12H18ClN5O2. The van der Waals surface area contributed by atoms with Crippen molar-refractivity contribution >= 4 is 18.3 Å². The van der Waals surface area contributed by atoms with Gasteiger partial charge in [0.1, 0.15) is 5.76 Å². The molecule has 0 saturated heterocycles. The van der Waals surface area contributed by atoms with E-state index in [4.69, 9.17) is 10.2 Å². The molecule has 0 aliphatic rings. The third-order valence-corrected chi connectivity index (χ3v) is 2.69. The number of nitrogens with zero attached hydrogens (tertiary/aromatic N) is 3. The monoisotopic (exact) mass is 299 g/mol. The lowest BCUT2D eigenvalue weighted by molar-refractivity contribution is 0.0935. The molecule has 8 heteroatoms. The standard InChI is InChI=1S/C12H17N5O2.ClH/c1-7(4-13)15-11(18)10-8(2)19-12(16-10)9-5-14-17(3)6-9;/h5-7H,4,13H2,1-3H3,(H,15,18);1H/t7-;/m0./s1. The van der Waals surface area contributed by atoms with Crippen molar-refractivity contribution in [3.8, 4) is 11.5 Å². The molecule has 0 fully saturated rings. The molecule has 0 bridgehead atoms. The molecule has 110 valence electrons. The quantitative estimate of drug-likeness (QED) is 0.873. The summed E-state index contributed by atoms with van der Waals surface area (Å²) in [6, 6.07) is -0.106. The number of halogens is 1. The fraction of sp³-hybridized carbons (Fsp3) is 0.417. The molecule has 1 amide bonds. The number of rotatable bonds is 4. The van der Waals surface area contributed by atoms with Gasteiger partial charge >= 0.3 is 0 Å². The number of amides is 1. The summed E-state index contributed by atoms with van der Waals surface area (Å²) in [4.78, 5) is 16.2. The van der Waals surface area contributed by atoms with Crippen molar-refractivity contribution in [1.82, 2.24) is 20.1 Å². The Kier molecular flexibility index (Phi) is 5.29. The van der Waals surface area contributed by atoms with Crippen LogP contribution in [0.5, 0.6) is 0 Å². The molecule has 7 nitrogen and oxygen atoms in total. The normalized spacial score (nSPS) is 11.8.